The Bertz CT molecular complexity index is 963. The first-order chi connectivity index (χ1) is 12.0. The molecule has 0 bridgehead atoms. The van der Waals surface area contributed by atoms with Gasteiger partial charge in [-0.25, -0.2) is 17.9 Å². The Balaban J connectivity index is 1.63. The molecule has 8 nitrogen and oxygen atoms in total. The number of hydrogen-bond donors (Lipinski definition) is 1. The van der Waals surface area contributed by atoms with Crippen LogP contribution in [0.25, 0.3) is 10.7 Å². The van der Waals surface area contributed by atoms with Crippen molar-refractivity contribution in [2.45, 2.75) is 11.5 Å². The van der Waals surface area contributed by atoms with Crippen LogP contribution >= 0.6 is 11.3 Å². The number of hydrogen-bond acceptors (Lipinski definition) is 8. The molecule has 0 aliphatic rings. The highest BCUT2D eigenvalue weighted by Crippen LogP contribution is 2.21. The molecule has 0 unspecified atom stereocenters. The first kappa shape index (κ1) is 17.3. The Kier molecular flexibility index (Phi) is 4.93. The molecular weight excluding hydrogens is 366 g/mol. The monoisotopic (exact) mass is 379 g/mol. The Morgan fingerprint density at radius 1 is 1.28 bits per heavy atom. The topological polar surface area (TPSA) is 111 Å². The molecule has 0 spiro atoms. The molecule has 1 N–H and O–H groups in total. The van der Waals surface area contributed by atoms with Crippen LogP contribution in [0.5, 0.6) is 0 Å². The number of carbonyl (C=O) groups is 1. The minimum Gasteiger partial charge on any atom is -0.452 e. The zero-order valence-electron chi connectivity index (χ0n) is 13.0. The van der Waals surface area contributed by atoms with E-state index in [1.54, 1.807) is 0 Å². The number of rotatable bonds is 6. The largest absolute Gasteiger partial charge is 0.452 e. The molecule has 130 valence electrons. The van der Waals surface area contributed by atoms with E-state index < -0.39 is 16.0 Å². The summed E-state index contributed by atoms with van der Waals surface area (Å²) in [5, 5.41) is 5.71. The Labute approximate surface area is 147 Å². The standard InChI is InChI=1S/C15H13N3O5S2/c1-16-25(20,21)11-6-4-10(5-7-11)15(19)22-9-13-17-14(18-23-13)12-3-2-8-24-12/h2-8,16H,9H2,1H3. The zero-order chi connectivity index (χ0) is 17.9. The zero-order valence-corrected chi connectivity index (χ0v) is 14.6. The summed E-state index contributed by atoms with van der Waals surface area (Å²) in [4.78, 5) is 17.1. The Morgan fingerprint density at radius 2 is 2.04 bits per heavy atom. The van der Waals surface area contributed by atoms with Gasteiger partial charge in [0, 0.05) is 0 Å². The summed E-state index contributed by atoms with van der Waals surface area (Å²) in [5.41, 5.74) is 0.216. The summed E-state index contributed by atoms with van der Waals surface area (Å²) in [6.07, 6.45) is 0. The minimum absolute atomic E-state index is 0.0593. The first-order valence-electron chi connectivity index (χ1n) is 7.07. The van der Waals surface area contributed by atoms with Crippen molar-refractivity contribution in [3.8, 4) is 10.7 Å². The number of nitrogens with one attached hydrogen (secondary N) is 1. The van der Waals surface area contributed by atoms with Crippen molar-refractivity contribution >= 4 is 27.3 Å². The van der Waals surface area contributed by atoms with E-state index in [1.807, 2.05) is 17.5 Å². The molecule has 0 fully saturated rings. The third-order valence-electron chi connectivity index (χ3n) is 3.21. The maximum atomic E-state index is 12.0. The number of thiophene rings is 1. The van der Waals surface area contributed by atoms with Gasteiger partial charge in [0.05, 0.1) is 15.3 Å². The van der Waals surface area contributed by atoms with Gasteiger partial charge < -0.3 is 9.26 Å². The molecular formula is C15H13N3O5S2. The molecule has 0 radical (unpaired) electrons. The van der Waals surface area contributed by atoms with Crippen LogP contribution in [-0.2, 0) is 21.4 Å². The second-order valence-corrected chi connectivity index (χ2v) is 7.63. The normalized spacial score (nSPS) is 11.4. The minimum atomic E-state index is -3.55. The SMILES string of the molecule is CNS(=O)(=O)c1ccc(C(=O)OCc2nc(-c3cccs3)no2)cc1. The first-order valence-corrected chi connectivity index (χ1v) is 9.43. The lowest BCUT2D eigenvalue weighted by Gasteiger charge is -2.04. The summed E-state index contributed by atoms with van der Waals surface area (Å²) < 4.78 is 35.6. The van der Waals surface area contributed by atoms with Crippen LogP contribution in [-0.4, -0.2) is 31.6 Å². The average molecular weight is 379 g/mol. The highest BCUT2D eigenvalue weighted by atomic mass is 32.2. The number of ether oxygens (including phenoxy) is 1. The van der Waals surface area contributed by atoms with Gasteiger partial charge >= 0.3 is 5.97 Å². The van der Waals surface area contributed by atoms with E-state index in [9.17, 15) is 13.2 Å². The third-order valence-corrected chi connectivity index (χ3v) is 5.50. The van der Waals surface area contributed by atoms with E-state index in [4.69, 9.17) is 9.26 Å². The molecule has 0 aliphatic heterocycles. The molecule has 25 heavy (non-hydrogen) atoms. The van der Waals surface area contributed by atoms with Gasteiger partial charge in [-0.3, -0.25) is 0 Å². The maximum absolute atomic E-state index is 12.0. The summed E-state index contributed by atoms with van der Waals surface area (Å²) >= 11 is 1.47. The smallest absolute Gasteiger partial charge is 0.338 e. The van der Waals surface area contributed by atoms with Crippen LogP contribution in [0.2, 0.25) is 0 Å². The second-order valence-electron chi connectivity index (χ2n) is 4.80. The fourth-order valence-electron chi connectivity index (χ4n) is 1.92. The molecule has 3 aromatic rings. The molecule has 2 aromatic heterocycles. The quantitative estimate of drug-likeness (QED) is 0.653. The molecule has 0 saturated heterocycles. The average Bonchev–Trinajstić information content (AvgIpc) is 3.31. The van der Waals surface area contributed by atoms with Gasteiger partial charge in [-0.15, -0.1) is 11.3 Å². The lowest BCUT2D eigenvalue weighted by molar-refractivity contribution is 0.0429. The van der Waals surface area contributed by atoms with Crippen molar-refractivity contribution in [3.05, 3.63) is 53.2 Å². The fourth-order valence-corrected chi connectivity index (χ4v) is 3.30. The summed E-state index contributed by atoms with van der Waals surface area (Å²) in [6.45, 7) is -0.173. The predicted octanol–water partition coefficient (Wildman–Crippen LogP) is 2.06. The van der Waals surface area contributed by atoms with Gasteiger partial charge in [0.2, 0.25) is 15.8 Å². The van der Waals surface area contributed by atoms with E-state index >= 15 is 0 Å². The van der Waals surface area contributed by atoms with E-state index in [1.165, 1.54) is 42.6 Å². The number of esters is 1. The predicted molar refractivity (Wildman–Crippen MR) is 89.4 cm³/mol. The van der Waals surface area contributed by atoms with Gasteiger partial charge in [-0.1, -0.05) is 11.2 Å². The van der Waals surface area contributed by atoms with Crippen LogP contribution in [0, 0.1) is 0 Å². The van der Waals surface area contributed by atoms with Gasteiger partial charge in [0.1, 0.15) is 0 Å². The van der Waals surface area contributed by atoms with Gasteiger partial charge in [0.15, 0.2) is 6.61 Å². The van der Waals surface area contributed by atoms with E-state index in [2.05, 4.69) is 14.9 Å². The Morgan fingerprint density at radius 3 is 2.68 bits per heavy atom. The number of sulfonamides is 1. The number of aromatic nitrogens is 2. The summed E-state index contributed by atoms with van der Waals surface area (Å²) in [7, 11) is -2.24. The molecule has 0 aliphatic carbocycles. The lowest BCUT2D eigenvalue weighted by Crippen LogP contribution is -2.18. The number of nitrogens with zero attached hydrogens (tertiary/aromatic N) is 2. The highest BCUT2D eigenvalue weighted by Gasteiger charge is 2.15. The number of benzene rings is 1. The summed E-state index contributed by atoms with van der Waals surface area (Å²) in [5.74, 6) is -0.0157. The third kappa shape index (κ3) is 3.92. The highest BCUT2D eigenvalue weighted by molar-refractivity contribution is 7.89. The molecule has 0 saturated carbocycles. The molecule has 2 heterocycles. The van der Waals surface area contributed by atoms with Crippen LogP contribution in [0.4, 0.5) is 0 Å². The molecule has 1 aromatic carbocycles. The van der Waals surface area contributed by atoms with E-state index in [0.717, 1.165) is 4.88 Å². The number of carbonyl (C=O) groups excluding carboxylic acids is 1. The summed E-state index contributed by atoms with van der Waals surface area (Å²) in [6, 6.07) is 9.11. The van der Waals surface area contributed by atoms with Crippen molar-refractivity contribution in [1.82, 2.24) is 14.9 Å². The van der Waals surface area contributed by atoms with Crippen molar-refractivity contribution in [2.75, 3.05) is 7.05 Å². The van der Waals surface area contributed by atoms with E-state index in [0.29, 0.717) is 5.82 Å². The van der Waals surface area contributed by atoms with Crippen molar-refractivity contribution in [3.63, 3.8) is 0 Å². The van der Waals surface area contributed by atoms with Crippen LogP contribution in [0.3, 0.4) is 0 Å². The fraction of sp³-hybridized carbons (Fsp3) is 0.133. The van der Waals surface area contributed by atoms with Crippen LogP contribution in [0.15, 0.2) is 51.2 Å². The van der Waals surface area contributed by atoms with Gasteiger partial charge in [-0.2, -0.15) is 4.98 Å². The van der Waals surface area contributed by atoms with Gasteiger partial charge in [-0.05, 0) is 42.8 Å². The van der Waals surface area contributed by atoms with E-state index in [-0.39, 0.29) is 23.0 Å². The second kappa shape index (κ2) is 7.13. The van der Waals surface area contributed by atoms with Crippen LogP contribution < -0.4 is 4.72 Å². The molecule has 3 rings (SSSR count). The maximum Gasteiger partial charge on any atom is 0.338 e. The van der Waals surface area contributed by atoms with Crippen molar-refractivity contribution in [2.24, 2.45) is 0 Å². The van der Waals surface area contributed by atoms with Gasteiger partial charge in [0.25, 0.3) is 5.89 Å². The molecule has 0 atom stereocenters. The Hall–Kier alpha value is -2.56. The molecule has 0 amide bonds. The van der Waals surface area contributed by atoms with Crippen molar-refractivity contribution in [1.29, 1.82) is 0 Å². The van der Waals surface area contributed by atoms with Crippen molar-refractivity contribution < 1.29 is 22.5 Å². The lowest BCUT2D eigenvalue weighted by atomic mass is 10.2. The van der Waals surface area contributed by atoms with Crippen LogP contribution in [0.1, 0.15) is 16.2 Å². The molecule has 10 heteroatoms.